The van der Waals surface area contributed by atoms with Crippen LogP contribution in [0, 0.1) is 0 Å². The number of rotatable bonds is 8. The Morgan fingerprint density at radius 1 is 1.03 bits per heavy atom. The second kappa shape index (κ2) is 11.2. The lowest BCUT2D eigenvalue weighted by molar-refractivity contribution is -0.143. The van der Waals surface area contributed by atoms with Crippen LogP contribution in [0.15, 0.2) is 34.6 Å². The molecule has 0 saturated carbocycles. The first-order valence-corrected chi connectivity index (χ1v) is 12.4. The molecule has 0 radical (unpaired) electrons. The zero-order chi connectivity index (χ0) is 27.5. The van der Waals surface area contributed by atoms with Gasteiger partial charge in [0.1, 0.15) is 10.9 Å². The van der Waals surface area contributed by atoms with Crippen LogP contribution in [0.3, 0.4) is 0 Å². The molecule has 0 aliphatic carbocycles. The number of nitrogens with one attached hydrogen (secondary N) is 1. The summed E-state index contributed by atoms with van der Waals surface area (Å²) in [7, 11) is 0. The molecular weight excluding hydrogens is 566 g/mol. The van der Waals surface area contributed by atoms with Gasteiger partial charge >= 0.3 is 18.3 Å². The average molecular weight is 583 g/mol. The number of benzene rings is 1. The highest BCUT2D eigenvalue weighted by molar-refractivity contribution is 8.26. The highest BCUT2D eigenvalue weighted by Gasteiger charge is 2.37. The summed E-state index contributed by atoms with van der Waals surface area (Å²) in [6, 6.07) is 2.69. The van der Waals surface area contributed by atoms with E-state index in [9.17, 15) is 40.7 Å². The minimum atomic E-state index is -4.97. The molecule has 3 rings (SSSR count). The van der Waals surface area contributed by atoms with Gasteiger partial charge in [-0.1, -0.05) is 24.0 Å². The summed E-state index contributed by atoms with van der Waals surface area (Å²) in [5.41, 5.74) is -3.01. The number of hydrogen-bond acceptors (Lipinski definition) is 6. The third-order valence-corrected chi connectivity index (χ3v) is 7.17. The van der Waals surface area contributed by atoms with E-state index in [-0.39, 0.29) is 45.8 Å². The van der Waals surface area contributed by atoms with Crippen LogP contribution >= 0.6 is 35.3 Å². The number of hydrogen-bond donors (Lipinski definition) is 2. The van der Waals surface area contributed by atoms with E-state index in [0.717, 1.165) is 23.1 Å². The van der Waals surface area contributed by atoms with Gasteiger partial charge in [-0.15, -0.1) is 11.3 Å². The first-order chi connectivity index (χ1) is 17.1. The topological polar surface area (TPSA) is 86.7 Å². The predicted octanol–water partition coefficient (Wildman–Crippen LogP) is 5.63. The molecule has 0 atom stereocenters. The molecule has 2 heterocycles. The Morgan fingerprint density at radius 2 is 1.65 bits per heavy atom. The number of carbonyl (C=O) groups is 3. The highest BCUT2D eigenvalue weighted by atomic mass is 32.2. The minimum Gasteiger partial charge on any atom is -0.480 e. The predicted molar refractivity (Wildman–Crippen MR) is 130 cm³/mol. The number of carbonyl (C=O) groups excluding carboxylic acids is 2. The average Bonchev–Trinajstić information content (AvgIpc) is 3.36. The zero-order valence-corrected chi connectivity index (χ0v) is 20.9. The van der Waals surface area contributed by atoms with Crippen molar-refractivity contribution in [3.63, 3.8) is 0 Å². The van der Waals surface area contributed by atoms with Gasteiger partial charge in [0.2, 0.25) is 5.91 Å². The number of aliphatic carboxylic acids is 1. The van der Waals surface area contributed by atoms with E-state index in [1.807, 2.05) is 0 Å². The molecule has 1 aromatic carbocycles. The Balaban J connectivity index is 1.74. The van der Waals surface area contributed by atoms with Crippen LogP contribution in [0.2, 0.25) is 0 Å². The summed E-state index contributed by atoms with van der Waals surface area (Å²) in [5, 5.41) is 12.1. The number of thiocarbonyl (C=S) groups is 1. The molecule has 2 aromatic rings. The number of alkyl halides is 6. The first kappa shape index (κ1) is 28.7. The third-order valence-electron chi connectivity index (χ3n) is 4.91. The van der Waals surface area contributed by atoms with Crippen molar-refractivity contribution in [1.82, 2.24) is 10.2 Å². The van der Waals surface area contributed by atoms with Crippen molar-refractivity contribution in [1.29, 1.82) is 0 Å². The molecule has 198 valence electrons. The molecule has 37 heavy (non-hydrogen) atoms. The van der Waals surface area contributed by atoms with E-state index in [0.29, 0.717) is 17.0 Å². The van der Waals surface area contributed by atoms with Crippen LogP contribution in [0.4, 0.5) is 26.3 Å². The molecule has 1 fully saturated rings. The van der Waals surface area contributed by atoms with Crippen molar-refractivity contribution in [2.24, 2.45) is 0 Å². The SMILES string of the molecule is O=C(O)CNC(=O)CCCN1C(=O)/C(=C/c2cc(-c3cc(C(F)(F)F)cc(C(F)(F)F)c3)cs2)SC1=S. The minimum absolute atomic E-state index is 0.0332. The summed E-state index contributed by atoms with van der Waals surface area (Å²) in [6.45, 7) is -0.425. The fourth-order valence-corrected chi connectivity index (χ4v) is 5.41. The molecule has 0 bridgehead atoms. The van der Waals surface area contributed by atoms with Crippen molar-refractivity contribution < 1.29 is 45.8 Å². The van der Waals surface area contributed by atoms with Gasteiger partial charge in [0.05, 0.1) is 16.0 Å². The number of amides is 2. The summed E-state index contributed by atoms with van der Waals surface area (Å²) >= 11 is 7.19. The van der Waals surface area contributed by atoms with Crippen molar-refractivity contribution in [2.45, 2.75) is 25.2 Å². The summed E-state index contributed by atoms with van der Waals surface area (Å²) < 4.78 is 79.2. The van der Waals surface area contributed by atoms with Crippen LogP contribution in [-0.2, 0) is 26.7 Å². The largest absolute Gasteiger partial charge is 0.480 e. The van der Waals surface area contributed by atoms with Gasteiger partial charge in [-0.3, -0.25) is 19.3 Å². The zero-order valence-electron chi connectivity index (χ0n) is 18.4. The van der Waals surface area contributed by atoms with E-state index in [1.165, 1.54) is 22.4 Å². The van der Waals surface area contributed by atoms with Gasteiger partial charge in [-0.25, -0.2) is 0 Å². The normalized spacial score (nSPS) is 15.5. The van der Waals surface area contributed by atoms with Crippen molar-refractivity contribution >= 4 is 63.5 Å². The Bertz CT molecular complexity index is 1240. The molecule has 1 aliphatic rings. The Labute approximate surface area is 219 Å². The van der Waals surface area contributed by atoms with E-state index < -0.39 is 47.8 Å². The van der Waals surface area contributed by atoms with Gasteiger partial charge in [0.25, 0.3) is 5.91 Å². The molecule has 0 spiro atoms. The number of nitrogens with zero attached hydrogens (tertiary/aromatic N) is 1. The van der Waals surface area contributed by atoms with E-state index in [4.69, 9.17) is 17.3 Å². The third kappa shape index (κ3) is 7.55. The maximum Gasteiger partial charge on any atom is 0.416 e. The van der Waals surface area contributed by atoms with Crippen molar-refractivity contribution in [3.8, 4) is 11.1 Å². The van der Waals surface area contributed by atoms with Gasteiger partial charge in [0.15, 0.2) is 0 Å². The van der Waals surface area contributed by atoms with Crippen LogP contribution in [0.25, 0.3) is 17.2 Å². The standard InChI is InChI=1S/C22H16F6N2O4S3/c23-21(24,25)13-4-11(5-14(7-13)22(26,27)28)12-6-15(36-10-12)8-16-19(34)30(20(35)37-16)3-1-2-17(31)29-9-18(32)33/h4-8,10H,1-3,9H2,(H,29,31)(H,32,33)/b16-8-. The van der Waals surface area contributed by atoms with Crippen molar-refractivity contribution in [3.05, 3.63) is 50.6 Å². The van der Waals surface area contributed by atoms with Crippen LogP contribution in [-0.4, -0.2) is 45.2 Å². The van der Waals surface area contributed by atoms with Crippen LogP contribution in [0.1, 0.15) is 28.8 Å². The molecule has 1 saturated heterocycles. The monoisotopic (exact) mass is 582 g/mol. The molecule has 0 unspecified atom stereocenters. The van der Waals surface area contributed by atoms with Gasteiger partial charge in [-0.2, -0.15) is 26.3 Å². The second-order valence-corrected chi connectivity index (χ2v) is 10.3. The lowest BCUT2D eigenvalue weighted by Crippen LogP contribution is -2.32. The molecule has 1 aliphatic heterocycles. The fourth-order valence-electron chi connectivity index (χ4n) is 3.18. The van der Waals surface area contributed by atoms with E-state index in [2.05, 4.69) is 5.32 Å². The molecule has 1 aromatic heterocycles. The van der Waals surface area contributed by atoms with Crippen molar-refractivity contribution in [2.75, 3.05) is 13.1 Å². The molecular formula is C22H16F6N2O4S3. The van der Waals surface area contributed by atoms with E-state index in [1.54, 1.807) is 0 Å². The van der Waals surface area contributed by atoms with Gasteiger partial charge < -0.3 is 10.4 Å². The molecule has 15 heteroatoms. The van der Waals surface area contributed by atoms with Gasteiger partial charge in [0, 0.05) is 17.8 Å². The lowest BCUT2D eigenvalue weighted by atomic mass is 10.0. The molecule has 2 N–H and O–H groups in total. The number of carboxylic acids is 1. The molecule has 6 nitrogen and oxygen atoms in total. The first-order valence-electron chi connectivity index (χ1n) is 10.3. The Kier molecular flexibility index (Phi) is 8.70. The Morgan fingerprint density at radius 3 is 2.22 bits per heavy atom. The fraction of sp³-hybridized carbons (Fsp3) is 0.273. The molecule has 2 amide bonds. The second-order valence-electron chi connectivity index (χ2n) is 7.64. The Hall–Kier alpha value is -2.91. The van der Waals surface area contributed by atoms with Crippen LogP contribution in [0.5, 0.6) is 0 Å². The number of thioether (sulfide) groups is 1. The smallest absolute Gasteiger partial charge is 0.416 e. The number of carboxylic acid groups (broad SMARTS) is 1. The summed E-state index contributed by atoms with van der Waals surface area (Å²) in [6.07, 6.45) is -8.33. The highest BCUT2D eigenvalue weighted by Crippen LogP contribution is 2.40. The summed E-state index contributed by atoms with van der Waals surface area (Å²) in [5.74, 6) is -2.16. The summed E-state index contributed by atoms with van der Waals surface area (Å²) in [4.78, 5) is 36.7. The quantitative estimate of drug-likeness (QED) is 0.238. The maximum atomic E-state index is 13.2. The number of thiophene rings is 1. The van der Waals surface area contributed by atoms with Gasteiger partial charge in [-0.05, 0) is 53.3 Å². The van der Waals surface area contributed by atoms with Crippen LogP contribution < -0.4 is 5.32 Å². The number of halogens is 6. The van der Waals surface area contributed by atoms with E-state index >= 15 is 0 Å². The maximum absolute atomic E-state index is 13.2. The lowest BCUT2D eigenvalue weighted by Gasteiger charge is -2.13.